The van der Waals surface area contributed by atoms with Gasteiger partial charge >= 0.3 is 0 Å². The third kappa shape index (κ3) is 3.72. The van der Waals surface area contributed by atoms with Gasteiger partial charge in [0.15, 0.2) is 0 Å². The van der Waals surface area contributed by atoms with Crippen molar-refractivity contribution in [3.05, 3.63) is 90.5 Å². The molecule has 3 rings (SSSR count). The summed E-state index contributed by atoms with van der Waals surface area (Å²) < 4.78 is 0. The summed E-state index contributed by atoms with van der Waals surface area (Å²) in [6, 6.07) is 28.3. The van der Waals surface area contributed by atoms with E-state index in [4.69, 9.17) is 0 Å². The highest BCUT2D eigenvalue weighted by molar-refractivity contribution is 5.94. The summed E-state index contributed by atoms with van der Waals surface area (Å²) in [5.74, 6) is 0.121. The molecule has 0 atom stereocenters. The van der Waals surface area contributed by atoms with E-state index < -0.39 is 0 Å². The number of carbonyl (C=O) groups is 1. The van der Waals surface area contributed by atoms with E-state index in [2.05, 4.69) is 24.3 Å². The van der Waals surface area contributed by atoms with E-state index in [1.807, 2.05) is 72.5 Å². The molecule has 0 radical (unpaired) electrons. The van der Waals surface area contributed by atoms with Gasteiger partial charge in [0, 0.05) is 12.2 Å². The van der Waals surface area contributed by atoms with E-state index in [1.54, 1.807) is 0 Å². The van der Waals surface area contributed by atoms with Gasteiger partial charge in [-0.25, -0.2) is 0 Å². The Morgan fingerprint density at radius 3 is 1.88 bits per heavy atom. The van der Waals surface area contributed by atoms with Crippen molar-refractivity contribution in [3.63, 3.8) is 0 Å². The molecule has 0 spiro atoms. The molecule has 2 heteroatoms. The Morgan fingerprint density at radius 2 is 1.29 bits per heavy atom. The highest BCUT2D eigenvalue weighted by Crippen LogP contribution is 2.20. The average molecular weight is 315 g/mol. The lowest BCUT2D eigenvalue weighted by atomic mass is 10.0. The summed E-state index contributed by atoms with van der Waals surface area (Å²) in [7, 11) is 0. The number of nitrogens with zero attached hydrogens (tertiary/aromatic N) is 1. The molecular weight excluding hydrogens is 294 g/mol. The molecule has 120 valence electrons. The summed E-state index contributed by atoms with van der Waals surface area (Å²) in [5, 5.41) is 0. The first-order valence-corrected chi connectivity index (χ1v) is 8.27. The quantitative estimate of drug-likeness (QED) is 0.652. The van der Waals surface area contributed by atoms with Crippen molar-refractivity contribution in [2.75, 3.05) is 11.4 Å². The van der Waals surface area contributed by atoms with Gasteiger partial charge in [0.05, 0.1) is 6.42 Å². The van der Waals surface area contributed by atoms with Gasteiger partial charge in [-0.1, -0.05) is 72.8 Å². The molecule has 0 aliphatic carbocycles. The molecule has 0 bridgehead atoms. The van der Waals surface area contributed by atoms with Crippen molar-refractivity contribution in [2.24, 2.45) is 0 Å². The normalized spacial score (nSPS) is 10.4. The van der Waals surface area contributed by atoms with Gasteiger partial charge < -0.3 is 4.90 Å². The Morgan fingerprint density at radius 1 is 0.750 bits per heavy atom. The Hall–Kier alpha value is -2.87. The predicted molar refractivity (Wildman–Crippen MR) is 100 cm³/mol. The smallest absolute Gasteiger partial charge is 0.231 e. The summed E-state index contributed by atoms with van der Waals surface area (Å²) in [4.78, 5) is 14.4. The number of para-hydroxylation sites is 1. The van der Waals surface area contributed by atoms with E-state index in [9.17, 15) is 4.79 Å². The number of hydrogen-bond donors (Lipinski definition) is 0. The maximum atomic E-state index is 12.6. The molecule has 24 heavy (non-hydrogen) atoms. The van der Waals surface area contributed by atoms with Gasteiger partial charge in [-0.05, 0) is 35.7 Å². The van der Waals surface area contributed by atoms with Crippen LogP contribution in [0.5, 0.6) is 0 Å². The molecule has 0 aliphatic heterocycles. The minimum Gasteiger partial charge on any atom is -0.312 e. The fourth-order valence-corrected chi connectivity index (χ4v) is 2.83. The molecule has 3 aromatic rings. The second-order valence-corrected chi connectivity index (χ2v) is 5.71. The lowest BCUT2D eigenvalue weighted by molar-refractivity contribution is -0.117. The van der Waals surface area contributed by atoms with Crippen molar-refractivity contribution in [3.8, 4) is 11.1 Å². The Balaban J connectivity index is 1.72. The first-order chi connectivity index (χ1) is 11.8. The molecule has 0 aliphatic rings. The van der Waals surface area contributed by atoms with Crippen molar-refractivity contribution in [2.45, 2.75) is 13.3 Å². The number of carbonyl (C=O) groups excluding carboxylic acids is 1. The molecule has 0 fully saturated rings. The van der Waals surface area contributed by atoms with Crippen LogP contribution in [0.25, 0.3) is 11.1 Å². The Labute approximate surface area is 143 Å². The zero-order valence-corrected chi connectivity index (χ0v) is 13.9. The number of hydrogen-bond acceptors (Lipinski definition) is 1. The molecule has 0 N–H and O–H groups in total. The number of amides is 1. The molecule has 0 saturated carbocycles. The monoisotopic (exact) mass is 315 g/mol. The number of likely N-dealkylation sites (N-methyl/N-ethyl adjacent to an activating group) is 1. The Kier molecular flexibility index (Phi) is 5.07. The van der Waals surface area contributed by atoms with E-state index in [0.717, 1.165) is 11.3 Å². The largest absolute Gasteiger partial charge is 0.312 e. The third-order valence-electron chi connectivity index (χ3n) is 4.10. The highest BCUT2D eigenvalue weighted by atomic mass is 16.2. The molecular formula is C22H21NO. The molecule has 0 heterocycles. The topological polar surface area (TPSA) is 20.3 Å². The van der Waals surface area contributed by atoms with Crippen LogP contribution in [0.2, 0.25) is 0 Å². The van der Waals surface area contributed by atoms with Crippen LogP contribution in [0.4, 0.5) is 5.69 Å². The van der Waals surface area contributed by atoms with E-state index in [-0.39, 0.29) is 5.91 Å². The fraction of sp³-hybridized carbons (Fsp3) is 0.136. The summed E-state index contributed by atoms with van der Waals surface area (Å²) in [5.41, 5.74) is 4.34. The fourth-order valence-electron chi connectivity index (χ4n) is 2.83. The lowest BCUT2D eigenvalue weighted by Crippen LogP contribution is -2.31. The van der Waals surface area contributed by atoms with Crippen LogP contribution in [0, 0.1) is 0 Å². The highest BCUT2D eigenvalue weighted by Gasteiger charge is 2.14. The molecule has 2 nitrogen and oxygen atoms in total. The van der Waals surface area contributed by atoms with Crippen LogP contribution in [-0.4, -0.2) is 12.5 Å². The lowest BCUT2D eigenvalue weighted by Gasteiger charge is -2.21. The van der Waals surface area contributed by atoms with Gasteiger partial charge in [0.2, 0.25) is 5.91 Å². The zero-order chi connectivity index (χ0) is 16.8. The van der Waals surface area contributed by atoms with E-state index in [1.165, 1.54) is 11.1 Å². The maximum absolute atomic E-state index is 12.6. The first kappa shape index (κ1) is 16.0. The van der Waals surface area contributed by atoms with Crippen molar-refractivity contribution in [1.82, 2.24) is 0 Å². The summed E-state index contributed by atoms with van der Waals surface area (Å²) in [6.45, 7) is 2.67. The number of anilines is 1. The minimum atomic E-state index is 0.121. The maximum Gasteiger partial charge on any atom is 0.231 e. The Bertz CT molecular complexity index is 779. The average Bonchev–Trinajstić information content (AvgIpc) is 2.64. The standard InChI is InChI=1S/C22H21NO/c1-2-23(21-11-7-4-8-12-21)22(24)17-18-13-15-20(16-14-18)19-9-5-3-6-10-19/h3-16H,2,17H2,1H3. The predicted octanol–water partition coefficient (Wildman–Crippen LogP) is 4.95. The second-order valence-electron chi connectivity index (χ2n) is 5.71. The zero-order valence-electron chi connectivity index (χ0n) is 13.9. The van der Waals surface area contributed by atoms with Crippen LogP contribution < -0.4 is 4.90 Å². The molecule has 3 aromatic carbocycles. The minimum absolute atomic E-state index is 0.121. The van der Waals surface area contributed by atoms with Gasteiger partial charge in [-0.2, -0.15) is 0 Å². The molecule has 0 aromatic heterocycles. The van der Waals surface area contributed by atoms with Gasteiger partial charge in [0.1, 0.15) is 0 Å². The van der Waals surface area contributed by atoms with Crippen LogP contribution in [0.1, 0.15) is 12.5 Å². The molecule has 0 saturated heterocycles. The SMILES string of the molecule is CCN(C(=O)Cc1ccc(-c2ccccc2)cc1)c1ccccc1. The summed E-state index contributed by atoms with van der Waals surface area (Å²) >= 11 is 0. The van der Waals surface area contributed by atoms with E-state index >= 15 is 0 Å². The number of rotatable bonds is 5. The third-order valence-corrected chi connectivity index (χ3v) is 4.10. The van der Waals surface area contributed by atoms with Gasteiger partial charge in [0.25, 0.3) is 0 Å². The van der Waals surface area contributed by atoms with Crippen molar-refractivity contribution < 1.29 is 4.79 Å². The molecule has 1 amide bonds. The van der Waals surface area contributed by atoms with Crippen LogP contribution in [-0.2, 0) is 11.2 Å². The first-order valence-electron chi connectivity index (χ1n) is 8.27. The second kappa shape index (κ2) is 7.60. The van der Waals surface area contributed by atoms with Crippen molar-refractivity contribution >= 4 is 11.6 Å². The van der Waals surface area contributed by atoms with Crippen LogP contribution in [0.3, 0.4) is 0 Å². The number of benzene rings is 3. The van der Waals surface area contributed by atoms with Crippen LogP contribution >= 0.6 is 0 Å². The molecule has 0 unspecified atom stereocenters. The summed E-state index contributed by atoms with van der Waals surface area (Å²) in [6.07, 6.45) is 0.414. The van der Waals surface area contributed by atoms with Gasteiger partial charge in [-0.3, -0.25) is 4.79 Å². The van der Waals surface area contributed by atoms with E-state index in [0.29, 0.717) is 13.0 Å². The van der Waals surface area contributed by atoms with Gasteiger partial charge in [-0.15, -0.1) is 0 Å². The van der Waals surface area contributed by atoms with Crippen LogP contribution in [0.15, 0.2) is 84.9 Å². The van der Waals surface area contributed by atoms with Crippen molar-refractivity contribution in [1.29, 1.82) is 0 Å².